The average molecular weight is 381 g/mol. The van der Waals surface area contributed by atoms with Gasteiger partial charge in [-0.15, -0.1) is 17.8 Å². The maximum atomic E-state index is 8.33. The minimum absolute atomic E-state index is 0.0981. The highest BCUT2D eigenvalue weighted by atomic mass is 35.5. The topological polar surface area (TPSA) is 73.3 Å². The number of methoxy groups -OCH3 is 1. The molecule has 0 radical (unpaired) electrons. The summed E-state index contributed by atoms with van der Waals surface area (Å²) in [4.78, 5) is 4.69. The summed E-state index contributed by atoms with van der Waals surface area (Å²) in [6, 6.07) is 4.17. The summed E-state index contributed by atoms with van der Waals surface area (Å²) < 4.78 is 48.6. The minimum Gasteiger partial charge on any atom is -0.456 e. The third-order valence-electron chi connectivity index (χ3n) is 3.41. The summed E-state index contributed by atoms with van der Waals surface area (Å²) in [5.41, 5.74) is 7.07. The molecule has 0 bridgehead atoms. The Hall–Kier alpha value is -2.04. The molecule has 5 nitrogen and oxygen atoms in total. The zero-order valence-electron chi connectivity index (χ0n) is 18.0. The smallest absolute Gasteiger partial charge is 0.177 e. The first-order valence-corrected chi connectivity index (χ1v) is 8.56. The highest BCUT2D eigenvalue weighted by Crippen LogP contribution is 2.33. The van der Waals surface area contributed by atoms with E-state index in [2.05, 4.69) is 16.2 Å². The first-order valence-electron chi connectivity index (χ1n) is 9.80. The number of furan rings is 1. The van der Waals surface area contributed by atoms with E-state index in [4.69, 9.17) is 39.8 Å². The zero-order chi connectivity index (χ0) is 22.1. The fourth-order valence-electron chi connectivity index (χ4n) is 2.35. The van der Waals surface area contributed by atoms with Crippen LogP contribution in [0.4, 0.5) is 5.69 Å². The number of nitrogens with zero attached hydrogens (tertiary/aromatic N) is 1. The maximum Gasteiger partial charge on any atom is 0.177 e. The van der Waals surface area contributed by atoms with E-state index in [0.717, 1.165) is 0 Å². The number of thiophene rings is 1. The van der Waals surface area contributed by atoms with Crippen molar-refractivity contribution in [1.29, 1.82) is 0 Å². The van der Waals surface area contributed by atoms with Crippen LogP contribution >= 0.6 is 22.9 Å². The van der Waals surface area contributed by atoms with Gasteiger partial charge in [0.1, 0.15) is 16.4 Å². The summed E-state index contributed by atoms with van der Waals surface area (Å²) in [5, 5.41) is 4.67. The lowest BCUT2D eigenvalue weighted by Gasteiger charge is -2.08. The molecule has 3 rings (SSSR count). The Morgan fingerprint density at radius 3 is 3.28 bits per heavy atom. The molecule has 3 N–H and O–H groups in total. The number of aromatic nitrogens is 1. The number of anilines is 1. The SMILES string of the molecule is [2H]C([2H])([2H])OC[C@H](N)Cc1oc2c(NC([2H])([2H])c3cccs3)cc(Cl)nc2c1C#C. The van der Waals surface area contributed by atoms with Crippen LogP contribution in [0.3, 0.4) is 0 Å². The van der Waals surface area contributed by atoms with Crippen molar-refractivity contribution in [2.45, 2.75) is 19.0 Å². The molecule has 0 unspecified atom stereocenters. The number of fused-ring (bicyclic) bond motifs is 1. The molecule has 25 heavy (non-hydrogen) atoms. The average Bonchev–Trinajstić information content (AvgIpc) is 3.27. The van der Waals surface area contributed by atoms with Crippen molar-refractivity contribution in [3.63, 3.8) is 0 Å². The predicted octanol–water partition coefficient (Wildman–Crippen LogP) is 3.65. The van der Waals surface area contributed by atoms with Crippen LogP contribution in [0.15, 0.2) is 28.0 Å². The van der Waals surface area contributed by atoms with Crippen molar-refractivity contribution in [2.24, 2.45) is 5.73 Å². The monoisotopic (exact) mass is 380 g/mol. The molecule has 0 aliphatic rings. The number of ether oxygens (including phenoxy) is 1. The first-order chi connectivity index (χ1) is 14.0. The van der Waals surface area contributed by atoms with Crippen LogP contribution in [0.5, 0.6) is 0 Å². The number of nitrogens with one attached hydrogen (secondary N) is 1. The molecule has 3 aromatic rings. The molecule has 1 atom stereocenters. The standard InChI is InChI=1S/C18H18ClN3O2S/c1-3-13-15(7-11(20)10-23-2)24-18-14(8-16(19)22-17(13)18)21-9-12-5-4-6-25-12/h1,4-6,8,11H,7,9-10,20H2,2H3,(H,21,22)/t11-/m1/s1/i2D3,9D2. The third kappa shape index (κ3) is 3.97. The van der Waals surface area contributed by atoms with Crippen molar-refractivity contribution < 1.29 is 16.0 Å². The second kappa shape index (κ2) is 7.89. The van der Waals surface area contributed by atoms with E-state index < -0.39 is 19.6 Å². The molecular weight excluding hydrogens is 358 g/mol. The Balaban J connectivity index is 1.96. The number of hydrogen-bond acceptors (Lipinski definition) is 6. The van der Waals surface area contributed by atoms with E-state index in [0.29, 0.717) is 16.2 Å². The molecule has 3 heterocycles. The Labute approximate surface area is 162 Å². The summed E-state index contributed by atoms with van der Waals surface area (Å²) >= 11 is 7.39. The van der Waals surface area contributed by atoms with Gasteiger partial charge in [0.2, 0.25) is 0 Å². The number of terminal acetylenes is 1. The molecular formula is C18H18ClN3O2S. The normalized spacial score (nSPS) is 16.3. The van der Waals surface area contributed by atoms with E-state index in [1.54, 1.807) is 17.5 Å². The first kappa shape index (κ1) is 12.3. The zero-order valence-corrected chi connectivity index (χ0v) is 14.6. The summed E-state index contributed by atoms with van der Waals surface area (Å²) in [6.45, 7) is -2.11. The molecule has 7 heteroatoms. The maximum absolute atomic E-state index is 8.33. The Morgan fingerprint density at radius 1 is 1.68 bits per heavy atom. The number of rotatable bonds is 7. The largest absolute Gasteiger partial charge is 0.456 e. The van der Waals surface area contributed by atoms with E-state index in [1.165, 1.54) is 17.4 Å². The highest BCUT2D eigenvalue weighted by molar-refractivity contribution is 7.09. The quantitative estimate of drug-likeness (QED) is 0.483. The van der Waals surface area contributed by atoms with Crippen molar-refractivity contribution >= 4 is 39.7 Å². The van der Waals surface area contributed by atoms with Gasteiger partial charge in [0.15, 0.2) is 5.58 Å². The van der Waals surface area contributed by atoms with Gasteiger partial charge in [0.05, 0.1) is 24.7 Å². The Bertz CT molecular complexity index is 1080. The molecule has 0 aromatic carbocycles. The number of hydrogen-bond donors (Lipinski definition) is 2. The lowest BCUT2D eigenvalue weighted by atomic mass is 10.1. The number of pyridine rings is 1. The fourth-order valence-corrected chi connectivity index (χ4v) is 3.11. The third-order valence-corrected chi connectivity index (χ3v) is 4.39. The van der Waals surface area contributed by atoms with Crippen LogP contribution in [0, 0.1) is 12.3 Å². The fraction of sp³-hybridized carbons (Fsp3) is 0.278. The highest BCUT2D eigenvalue weighted by Gasteiger charge is 2.20. The van der Waals surface area contributed by atoms with Gasteiger partial charge in [-0.1, -0.05) is 23.6 Å². The van der Waals surface area contributed by atoms with Gasteiger partial charge in [0.25, 0.3) is 0 Å². The molecule has 0 spiro atoms. The van der Waals surface area contributed by atoms with Gasteiger partial charge in [-0.2, -0.15) is 0 Å². The lowest BCUT2D eigenvalue weighted by Crippen LogP contribution is -2.28. The Morgan fingerprint density at radius 2 is 2.56 bits per heavy atom. The number of nitrogens with two attached hydrogens (primary N) is 1. The molecule has 0 amide bonds. The van der Waals surface area contributed by atoms with Crippen molar-refractivity contribution in [1.82, 2.24) is 4.98 Å². The van der Waals surface area contributed by atoms with Gasteiger partial charge in [0, 0.05) is 36.9 Å². The van der Waals surface area contributed by atoms with E-state index in [1.807, 2.05) is 0 Å². The minimum atomic E-state index is -2.56. The van der Waals surface area contributed by atoms with Gasteiger partial charge in [-0.05, 0) is 11.4 Å². The van der Waals surface area contributed by atoms with Gasteiger partial charge < -0.3 is 20.2 Å². The molecule has 0 aliphatic carbocycles. The van der Waals surface area contributed by atoms with Crippen LogP contribution in [0.2, 0.25) is 5.15 Å². The second-order valence-electron chi connectivity index (χ2n) is 5.22. The van der Waals surface area contributed by atoms with Crippen LogP contribution in [-0.4, -0.2) is 24.7 Å². The number of halogens is 1. The summed E-state index contributed by atoms with van der Waals surface area (Å²) in [6.07, 6.45) is 5.73. The van der Waals surface area contributed by atoms with Crippen LogP contribution in [-0.2, 0) is 17.7 Å². The van der Waals surface area contributed by atoms with Crippen molar-refractivity contribution in [3.8, 4) is 12.3 Å². The van der Waals surface area contributed by atoms with Gasteiger partial charge in [-0.25, -0.2) is 4.98 Å². The second-order valence-corrected chi connectivity index (χ2v) is 6.55. The van der Waals surface area contributed by atoms with Crippen molar-refractivity contribution in [2.75, 3.05) is 19.0 Å². The summed E-state index contributed by atoms with van der Waals surface area (Å²) in [7, 11) is -2.56. The molecule has 130 valence electrons. The van der Waals surface area contributed by atoms with Crippen LogP contribution in [0.1, 0.15) is 23.1 Å². The van der Waals surface area contributed by atoms with Crippen LogP contribution in [0.25, 0.3) is 11.1 Å². The van der Waals surface area contributed by atoms with E-state index >= 15 is 0 Å². The lowest BCUT2D eigenvalue weighted by molar-refractivity contribution is 0.178. The van der Waals surface area contributed by atoms with E-state index in [-0.39, 0.29) is 35.0 Å². The molecule has 0 fully saturated rings. The predicted molar refractivity (Wildman–Crippen MR) is 102 cm³/mol. The molecule has 0 saturated heterocycles. The van der Waals surface area contributed by atoms with Crippen molar-refractivity contribution in [3.05, 3.63) is 44.9 Å². The van der Waals surface area contributed by atoms with Crippen LogP contribution < -0.4 is 11.1 Å². The van der Waals surface area contributed by atoms with Gasteiger partial charge >= 0.3 is 0 Å². The van der Waals surface area contributed by atoms with E-state index in [9.17, 15) is 0 Å². The Kier molecular flexibility index (Phi) is 3.89. The van der Waals surface area contributed by atoms with Gasteiger partial charge in [-0.3, -0.25) is 0 Å². The summed E-state index contributed by atoms with van der Waals surface area (Å²) in [5.74, 6) is 2.81. The molecule has 0 aliphatic heterocycles. The molecule has 0 saturated carbocycles. The molecule has 3 aromatic heterocycles.